The molecule has 3 fully saturated rings. The molecule has 43 heavy (non-hydrogen) atoms. The molecule has 3 saturated heterocycles. The number of carbonyl (C=O) groups is 1. The van der Waals surface area contributed by atoms with Gasteiger partial charge < -0.3 is 26.4 Å². The molecule has 3 aliphatic rings. The number of nitrogens with zero attached hydrogens (tertiary/aromatic N) is 6. The van der Waals surface area contributed by atoms with E-state index in [0.717, 1.165) is 57.3 Å². The highest BCUT2D eigenvalue weighted by Gasteiger charge is 2.39. The first-order chi connectivity index (χ1) is 20.4. The number of piperazine rings is 1. The van der Waals surface area contributed by atoms with Crippen LogP contribution in [0.2, 0.25) is 5.15 Å². The smallest absolute Gasteiger partial charge is 0.271 e. The molecule has 1 amide bonds. The zero-order valence-electron chi connectivity index (χ0n) is 25.2. The van der Waals surface area contributed by atoms with Crippen molar-refractivity contribution in [2.24, 2.45) is 5.73 Å². The lowest BCUT2D eigenvalue weighted by atomic mass is 9.95. The van der Waals surface area contributed by atoms with E-state index in [1.54, 1.807) is 19.9 Å². The van der Waals surface area contributed by atoms with E-state index in [0.29, 0.717) is 43.7 Å². The fourth-order valence-corrected chi connectivity index (χ4v) is 7.39. The van der Waals surface area contributed by atoms with Gasteiger partial charge in [0.2, 0.25) is 0 Å². The number of hydrogen-bond donors (Lipinski definition) is 3. The summed E-state index contributed by atoms with van der Waals surface area (Å²) in [5.41, 5.74) is 11.2. The number of anilines is 3. The molecule has 1 aromatic heterocycles. The Morgan fingerprint density at radius 2 is 1.84 bits per heavy atom. The molecule has 3 aliphatic heterocycles. The quantitative estimate of drug-likeness (QED) is 0.407. The molecule has 0 aliphatic carbocycles. The van der Waals surface area contributed by atoms with Crippen molar-refractivity contribution < 1.29 is 18.7 Å². The first-order valence-electron chi connectivity index (χ1n) is 15.2. The van der Waals surface area contributed by atoms with Gasteiger partial charge in [0.25, 0.3) is 5.91 Å². The lowest BCUT2D eigenvalue weighted by Crippen LogP contribution is -2.58. The Kier molecular flexibility index (Phi) is 9.31. The number of piperidine rings is 1. The monoisotopic (exact) mass is 620 g/mol. The van der Waals surface area contributed by atoms with E-state index in [9.17, 15) is 14.3 Å². The number of nitrogen functional groups attached to an aromatic ring is 1. The third-order valence-corrected chi connectivity index (χ3v) is 9.58. The number of aliphatic hydroxyl groups is 1. The van der Waals surface area contributed by atoms with Crippen molar-refractivity contribution in [1.29, 1.82) is 0 Å². The largest absolute Gasteiger partial charge is 0.388 e. The number of aromatic nitrogens is 2. The molecule has 0 bridgehead atoms. The van der Waals surface area contributed by atoms with E-state index in [1.165, 1.54) is 6.07 Å². The Morgan fingerprint density at radius 3 is 2.49 bits per heavy atom. The third kappa shape index (κ3) is 6.52. The normalized spacial score (nSPS) is 22.9. The van der Waals surface area contributed by atoms with Crippen molar-refractivity contribution in [3.05, 3.63) is 40.2 Å². The van der Waals surface area contributed by atoms with Gasteiger partial charge in [0.15, 0.2) is 34.1 Å². The predicted molar refractivity (Wildman–Crippen MR) is 164 cm³/mol. The zero-order chi connectivity index (χ0) is 31.1. The Bertz CT molecular complexity index is 1330. The lowest BCUT2D eigenvalue weighted by molar-refractivity contribution is 0.0529. The Hall–Kier alpha value is -2.80. The van der Waals surface area contributed by atoms with Crippen molar-refractivity contribution in [2.75, 3.05) is 54.8 Å². The summed E-state index contributed by atoms with van der Waals surface area (Å²) in [6, 6.07) is 3.31. The van der Waals surface area contributed by atoms with Crippen LogP contribution in [-0.2, 0) is 6.54 Å². The van der Waals surface area contributed by atoms with Gasteiger partial charge in [0.05, 0.1) is 17.3 Å². The number of likely N-dealkylation sites (tertiary alicyclic amines) is 1. The minimum absolute atomic E-state index is 0.0285. The molecule has 0 radical (unpaired) electrons. The summed E-state index contributed by atoms with van der Waals surface area (Å²) in [7, 11) is 0. The highest BCUT2D eigenvalue weighted by atomic mass is 35.5. The van der Waals surface area contributed by atoms with Gasteiger partial charge in [0, 0.05) is 44.8 Å². The average molecular weight is 621 g/mol. The predicted octanol–water partition coefficient (Wildman–Crippen LogP) is 3.39. The number of nitrogens with two attached hydrogens (primary N) is 2. The molecule has 0 spiro atoms. The first kappa shape index (κ1) is 31.6. The number of hydrogen-bond acceptors (Lipinski definition) is 9. The van der Waals surface area contributed by atoms with Crippen LogP contribution in [0.15, 0.2) is 12.1 Å². The number of halogens is 3. The summed E-state index contributed by atoms with van der Waals surface area (Å²) >= 11 is 6.38. The topological polar surface area (TPSA) is 128 Å². The van der Waals surface area contributed by atoms with Gasteiger partial charge in [0.1, 0.15) is 0 Å². The molecular weight excluding hydrogens is 578 g/mol. The Morgan fingerprint density at radius 1 is 1.12 bits per heavy atom. The lowest BCUT2D eigenvalue weighted by Gasteiger charge is -2.47. The van der Waals surface area contributed by atoms with Crippen LogP contribution < -0.4 is 21.3 Å². The maximum absolute atomic E-state index is 15.3. The van der Waals surface area contributed by atoms with E-state index >= 15 is 4.39 Å². The highest BCUT2D eigenvalue weighted by molar-refractivity contribution is 6.32. The molecule has 13 heteroatoms. The van der Waals surface area contributed by atoms with Crippen LogP contribution in [0.3, 0.4) is 0 Å². The second-order valence-corrected chi connectivity index (χ2v) is 12.9. The van der Waals surface area contributed by atoms with Crippen LogP contribution in [0.25, 0.3) is 0 Å². The molecule has 0 saturated carbocycles. The first-order valence-corrected chi connectivity index (χ1v) is 15.6. The van der Waals surface area contributed by atoms with Gasteiger partial charge >= 0.3 is 0 Å². The van der Waals surface area contributed by atoms with Crippen LogP contribution in [0.1, 0.15) is 68.9 Å². The van der Waals surface area contributed by atoms with Crippen molar-refractivity contribution in [3.63, 3.8) is 0 Å². The average Bonchev–Trinajstić information content (AvgIpc) is 3.46. The summed E-state index contributed by atoms with van der Waals surface area (Å²) in [6.07, 6.45) is 4.43. The van der Waals surface area contributed by atoms with Gasteiger partial charge in [-0.25, -0.2) is 18.7 Å². The zero-order valence-corrected chi connectivity index (χ0v) is 26.0. The van der Waals surface area contributed by atoms with Gasteiger partial charge in [-0.3, -0.25) is 14.6 Å². The maximum atomic E-state index is 15.3. The standard InChI is InChI=1S/C30H43ClF2N8O2/c1-4-19-17-39(29-26(31)36-24(28(35)42)27(34)37-29)14-15-40(19)20-9-12-38(13-10-20)16-18-7-8-21(32)23(33)25(18)41-11-5-6-22(41)30(2,3)43/h7-8,19-20,22,43H,4-6,9-17H2,1-3H3,(H2,34,37)(H2,35,42)/t19-,22-/m0/s1. The number of benzene rings is 1. The number of carbonyl (C=O) groups excluding carboxylic acids is 1. The van der Waals surface area contributed by atoms with Crippen LogP contribution in [-0.4, -0.2) is 93.8 Å². The van der Waals surface area contributed by atoms with Crippen molar-refractivity contribution >= 4 is 34.8 Å². The van der Waals surface area contributed by atoms with Crippen LogP contribution >= 0.6 is 11.6 Å². The van der Waals surface area contributed by atoms with E-state index in [1.807, 2.05) is 4.90 Å². The van der Waals surface area contributed by atoms with Crippen LogP contribution in [0, 0.1) is 11.6 Å². The summed E-state index contributed by atoms with van der Waals surface area (Å²) < 4.78 is 29.7. The fourth-order valence-electron chi connectivity index (χ4n) is 7.14. The second kappa shape index (κ2) is 12.7. The van der Waals surface area contributed by atoms with E-state index in [4.69, 9.17) is 23.1 Å². The van der Waals surface area contributed by atoms with Crippen molar-refractivity contribution in [1.82, 2.24) is 19.8 Å². The van der Waals surface area contributed by atoms with Gasteiger partial charge in [-0.2, -0.15) is 0 Å². The molecule has 4 heterocycles. The summed E-state index contributed by atoms with van der Waals surface area (Å²) in [5, 5.41) is 10.9. The van der Waals surface area contributed by atoms with Crippen LogP contribution in [0.5, 0.6) is 0 Å². The van der Waals surface area contributed by atoms with E-state index < -0.39 is 23.1 Å². The van der Waals surface area contributed by atoms with Crippen molar-refractivity contribution in [3.8, 4) is 0 Å². The van der Waals surface area contributed by atoms with E-state index in [2.05, 4.69) is 31.6 Å². The molecule has 5 N–H and O–H groups in total. The van der Waals surface area contributed by atoms with Gasteiger partial charge in [-0.05, 0) is 70.7 Å². The number of amides is 1. The second-order valence-electron chi connectivity index (χ2n) is 12.6. The minimum atomic E-state index is -1.03. The number of rotatable bonds is 8. The van der Waals surface area contributed by atoms with Crippen molar-refractivity contribution in [2.45, 2.75) is 83.1 Å². The molecule has 10 nitrogen and oxygen atoms in total. The molecule has 236 valence electrons. The maximum Gasteiger partial charge on any atom is 0.271 e. The highest BCUT2D eigenvalue weighted by Crippen LogP contribution is 2.37. The Balaban J connectivity index is 1.24. The fraction of sp³-hybridized carbons (Fsp3) is 0.633. The van der Waals surface area contributed by atoms with Crippen LogP contribution in [0.4, 0.5) is 26.1 Å². The van der Waals surface area contributed by atoms with Gasteiger partial charge in [-0.1, -0.05) is 24.6 Å². The molecule has 2 atom stereocenters. The molecule has 5 rings (SSSR count). The molecular formula is C30H43ClF2N8O2. The number of primary amides is 1. The SMILES string of the molecule is CC[C@H]1CN(c2nc(N)c(C(N)=O)nc2Cl)CCN1C1CCN(Cc2ccc(F)c(F)c2N2CCC[C@H]2C(C)(C)O)CC1. The summed E-state index contributed by atoms with van der Waals surface area (Å²) in [4.78, 5) is 28.8. The Labute approximate surface area is 257 Å². The summed E-state index contributed by atoms with van der Waals surface area (Å²) in [6.45, 7) is 10.7. The molecule has 2 aromatic rings. The van der Waals surface area contributed by atoms with E-state index in [-0.39, 0.29) is 28.7 Å². The molecule has 1 aromatic carbocycles. The molecule has 0 unspecified atom stereocenters. The minimum Gasteiger partial charge on any atom is -0.388 e. The van der Waals surface area contributed by atoms with Gasteiger partial charge in [-0.15, -0.1) is 0 Å². The third-order valence-electron chi connectivity index (χ3n) is 9.32. The summed E-state index contributed by atoms with van der Waals surface area (Å²) in [5.74, 6) is -2.02.